The summed E-state index contributed by atoms with van der Waals surface area (Å²) in [5.74, 6) is -4.74. The first-order chi connectivity index (χ1) is 16.8. The van der Waals surface area contributed by atoms with E-state index in [9.17, 15) is 31.1 Å². The van der Waals surface area contributed by atoms with Crippen molar-refractivity contribution in [3.05, 3.63) is 62.2 Å². The molecule has 4 heterocycles. The summed E-state index contributed by atoms with van der Waals surface area (Å²) in [5.41, 5.74) is -3.33. The molecule has 0 saturated heterocycles. The molecule has 1 amide bonds. The number of amides is 1. The van der Waals surface area contributed by atoms with Gasteiger partial charge >= 0.3 is 6.18 Å². The molecule has 0 aliphatic carbocycles. The number of carbonyl (C=O) groups excluding carboxylic acids is 1. The molecular weight excluding hydrogens is 605 g/mol. The van der Waals surface area contributed by atoms with Crippen molar-refractivity contribution < 1.29 is 31.1 Å². The van der Waals surface area contributed by atoms with Crippen molar-refractivity contribution in [3.63, 3.8) is 0 Å². The van der Waals surface area contributed by atoms with Crippen LogP contribution in [0.5, 0.6) is 0 Å². The van der Waals surface area contributed by atoms with Crippen LogP contribution in [0.4, 0.5) is 32.2 Å². The molecule has 0 spiro atoms. The predicted octanol–water partition coefficient (Wildman–Crippen LogP) is 5.04. The smallest absolute Gasteiger partial charge is 0.309 e. The maximum atomic E-state index is 14.4. The lowest BCUT2D eigenvalue weighted by Crippen LogP contribution is -2.45. The second-order valence-corrected chi connectivity index (χ2v) is 9.31. The summed E-state index contributed by atoms with van der Waals surface area (Å²) in [6.45, 7) is 1.85. The first kappa shape index (κ1) is 24.4. The third-order valence-corrected chi connectivity index (χ3v) is 6.81. The number of nitrogens with one attached hydrogen (secondary N) is 1. The molecule has 0 radical (unpaired) electrons. The highest BCUT2D eigenvalue weighted by molar-refractivity contribution is 14.1. The second kappa shape index (κ2) is 8.11. The average molecular weight is 618 g/mol. The molecule has 1 aromatic carbocycles. The Morgan fingerprint density at radius 3 is 2.53 bits per heavy atom. The number of anilines is 1. The van der Waals surface area contributed by atoms with Gasteiger partial charge in [0, 0.05) is 5.56 Å². The molecule has 14 heteroatoms. The highest BCUT2D eigenvalue weighted by atomic mass is 127. The lowest BCUT2D eigenvalue weighted by molar-refractivity contribution is -0.186. The van der Waals surface area contributed by atoms with Crippen LogP contribution in [-0.2, 0) is 16.8 Å². The van der Waals surface area contributed by atoms with E-state index >= 15 is 0 Å². The van der Waals surface area contributed by atoms with Crippen molar-refractivity contribution in [1.82, 2.24) is 24.7 Å². The van der Waals surface area contributed by atoms with E-state index in [4.69, 9.17) is 0 Å². The first-order valence-corrected chi connectivity index (χ1v) is 11.3. The Balaban J connectivity index is 1.71. The monoisotopic (exact) mass is 618 g/mol. The van der Waals surface area contributed by atoms with Crippen LogP contribution in [0.2, 0.25) is 0 Å². The van der Waals surface area contributed by atoms with Gasteiger partial charge in [0.05, 0.1) is 23.2 Å². The maximum Gasteiger partial charge on any atom is 0.407 e. The Kier molecular flexibility index (Phi) is 5.50. The van der Waals surface area contributed by atoms with Gasteiger partial charge in [0.2, 0.25) is 5.91 Å². The SMILES string of the molecule is Cc1nc2c(cc1F)c(-c1nc(I)c3c(n1)NC(=O)C3(C)C(F)(F)F)nn2Cc1cccc(F)c1F. The number of carbonyl (C=O) groups is 1. The number of aromatic nitrogens is 5. The fourth-order valence-electron chi connectivity index (χ4n) is 3.96. The van der Waals surface area contributed by atoms with Crippen molar-refractivity contribution in [3.8, 4) is 11.5 Å². The number of hydrogen-bond acceptors (Lipinski definition) is 5. The molecule has 0 saturated carbocycles. The molecule has 186 valence electrons. The Labute approximate surface area is 212 Å². The van der Waals surface area contributed by atoms with Crippen LogP contribution in [-0.4, -0.2) is 36.8 Å². The number of halogens is 7. The summed E-state index contributed by atoms with van der Waals surface area (Å²) in [5, 5.41) is 6.55. The van der Waals surface area contributed by atoms with Crippen LogP contribution in [0.3, 0.4) is 0 Å². The number of aryl methyl sites for hydroxylation is 1. The van der Waals surface area contributed by atoms with Gasteiger partial charge in [0.25, 0.3) is 0 Å². The van der Waals surface area contributed by atoms with Crippen LogP contribution >= 0.6 is 22.6 Å². The van der Waals surface area contributed by atoms with E-state index in [0.717, 1.165) is 19.1 Å². The highest BCUT2D eigenvalue weighted by Crippen LogP contribution is 2.49. The van der Waals surface area contributed by atoms with E-state index in [0.29, 0.717) is 0 Å². The Morgan fingerprint density at radius 2 is 1.83 bits per heavy atom. The molecule has 1 unspecified atom stereocenters. The Morgan fingerprint density at radius 1 is 1.11 bits per heavy atom. The van der Waals surface area contributed by atoms with E-state index in [2.05, 4.69) is 25.4 Å². The molecular formula is C22H13F6IN6O. The molecule has 1 atom stereocenters. The van der Waals surface area contributed by atoms with Gasteiger partial charge < -0.3 is 5.32 Å². The topological polar surface area (TPSA) is 85.6 Å². The molecule has 7 nitrogen and oxygen atoms in total. The van der Waals surface area contributed by atoms with E-state index in [1.807, 2.05) is 0 Å². The van der Waals surface area contributed by atoms with Gasteiger partial charge in [-0.25, -0.2) is 32.8 Å². The fourth-order valence-corrected chi connectivity index (χ4v) is 4.98. The van der Waals surface area contributed by atoms with Crippen LogP contribution in [0, 0.1) is 28.1 Å². The van der Waals surface area contributed by atoms with Crippen molar-refractivity contribution in [2.24, 2.45) is 0 Å². The van der Waals surface area contributed by atoms with E-state index < -0.39 is 40.5 Å². The third kappa shape index (κ3) is 3.52. The Bertz CT molecular complexity index is 1590. The van der Waals surface area contributed by atoms with E-state index in [-0.39, 0.29) is 49.9 Å². The summed E-state index contributed by atoms with van der Waals surface area (Å²) >= 11 is 1.56. The van der Waals surface area contributed by atoms with Gasteiger partial charge in [0.15, 0.2) is 28.5 Å². The zero-order valence-corrected chi connectivity index (χ0v) is 20.5. The first-order valence-electron chi connectivity index (χ1n) is 10.3. The third-order valence-electron chi connectivity index (χ3n) is 6.03. The van der Waals surface area contributed by atoms with Gasteiger partial charge in [-0.1, -0.05) is 12.1 Å². The molecule has 4 aromatic rings. The highest BCUT2D eigenvalue weighted by Gasteiger charge is 2.63. The van der Waals surface area contributed by atoms with Crippen molar-refractivity contribution >= 4 is 45.3 Å². The molecule has 3 aromatic heterocycles. The van der Waals surface area contributed by atoms with Crippen LogP contribution in [0.25, 0.3) is 22.6 Å². The predicted molar refractivity (Wildman–Crippen MR) is 123 cm³/mol. The lowest BCUT2D eigenvalue weighted by atomic mass is 9.84. The number of benzene rings is 1. The largest absolute Gasteiger partial charge is 0.407 e. The summed E-state index contributed by atoms with van der Waals surface area (Å²) in [6.07, 6.45) is -4.92. The van der Waals surface area contributed by atoms with Gasteiger partial charge in [-0.3, -0.25) is 4.79 Å². The molecule has 36 heavy (non-hydrogen) atoms. The summed E-state index contributed by atoms with van der Waals surface area (Å²) in [6, 6.07) is 4.70. The van der Waals surface area contributed by atoms with Gasteiger partial charge in [-0.15, -0.1) is 0 Å². The van der Waals surface area contributed by atoms with Crippen molar-refractivity contribution in [2.45, 2.75) is 32.0 Å². The minimum atomic E-state index is -4.92. The van der Waals surface area contributed by atoms with Gasteiger partial charge in [-0.2, -0.15) is 18.3 Å². The number of nitrogens with zero attached hydrogens (tertiary/aromatic N) is 5. The standard InChI is InChI=1S/C22H13F6IN6O/c1-8-12(24)6-10-15(34-35(19(10)30-8)7-9-4-3-5-11(23)14(9)25)18-31-16(29)13-17(32-18)33-20(36)21(13,2)22(26,27)28/h3-6H,7H2,1-2H3,(H,31,32,33,36). The number of pyridine rings is 1. The normalized spacial score (nSPS) is 17.5. The zero-order valence-electron chi connectivity index (χ0n) is 18.3. The van der Waals surface area contributed by atoms with E-state index in [1.54, 1.807) is 22.6 Å². The van der Waals surface area contributed by atoms with Crippen LogP contribution in [0.15, 0.2) is 24.3 Å². The zero-order chi connectivity index (χ0) is 26.2. The number of fused-ring (bicyclic) bond motifs is 2. The van der Waals surface area contributed by atoms with Crippen molar-refractivity contribution in [2.75, 3.05) is 5.32 Å². The molecule has 1 aliphatic rings. The molecule has 5 rings (SSSR count). The minimum Gasteiger partial charge on any atom is -0.309 e. The lowest BCUT2D eigenvalue weighted by Gasteiger charge is -2.25. The minimum absolute atomic E-state index is 0.00701. The van der Waals surface area contributed by atoms with Crippen molar-refractivity contribution in [1.29, 1.82) is 0 Å². The maximum absolute atomic E-state index is 14.4. The number of alkyl halides is 3. The average Bonchev–Trinajstić information content (AvgIpc) is 3.26. The number of rotatable bonds is 3. The Hall–Kier alpha value is -3.30. The van der Waals surface area contributed by atoms with Crippen LogP contribution in [0.1, 0.15) is 23.7 Å². The summed E-state index contributed by atoms with van der Waals surface area (Å²) < 4.78 is 84.9. The molecule has 0 fully saturated rings. The summed E-state index contributed by atoms with van der Waals surface area (Å²) in [7, 11) is 0. The van der Waals surface area contributed by atoms with Crippen LogP contribution < -0.4 is 5.32 Å². The second-order valence-electron chi connectivity index (χ2n) is 8.28. The summed E-state index contributed by atoms with van der Waals surface area (Å²) in [4.78, 5) is 24.7. The molecule has 1 N–H and O–H groups in total. The van der Waals surface area contributed by atoms with Gasteiger partial charge in [-0.05, 0) is 48.6 Å². The fraction of sp³-hybridized carbons (Fsp3) is 0.227. The number of hydrogen-bond donors (Lipinski definition) is 1. The van der Waals surface area contributed by atoms with E-state index in [1.165, 1.54) is 23.7 Å². The molecule has 1 aliphatic heterocycles. The molecule has 0 bridgehead atoms. The van der Waals surface area contributed by atoms with Gasteiger partial charge in [0.1, 0.15) is 21.0 Å². The quantitative estimate of drug-likeness (QED) is 0.198.